The first-order chi connectivity index (χ1) is 11.6. The van der Waals surface area contributed by atoms with Crippen LogP contribution in [0.4, 0.5) is 10.9 Å². The Hall–Kier alpha value is -2.00. The smallest absolute Gasteiger partial charge is 0.252 e. The van der Waals surface area contributed by atoms with E-state index in [1.165, 1.54) is 17.6 Å². The van der Waals surface area contributed by atoms with Crippen molar-refractivity contribution in [2.45, 2.75) is 19.8 Å². The number of halogens is 1. The lowest BCUT2D eigenvalue weighted by molar-refractivity contribution is 0.1000. The van der Waals surface area contributed by atoms with Gasteiger partial charge in [-0.15, -0.1) is 10.2 Å². The molecule has 0 saturated carbocycles. The summed E-state index contributed by atoms with van der Waals surface area (Å²) < 4.78 is 4.34. The number of primary amides is 1. The number of carbonyl (C=O) groups excluding carboxylic acids is 1. The number of amides is 1. The standard InChI is InChI=1S/C14H18ClN7OS/c1-2-11-17-14(24-20-11)22-5-3-4-21(6-7-22)13-9(12(16)23)8-10(15)18-19-13/h8H,2-7H2,1H3,(H2,16,23). The van der Waals surface area contributed by atoms with E-state index in [0.717, 1.165) is 43.4 Å². The quantitative estimate of drug-likeness (QED) is 0.870. The van der Waals surface area contributed by atoms with E-state index in [4.69, 9.17) is 17.3 Å². The summed E-state index contributed by atoms with van der Waals surface area (Å²) in [5, 5.41) is 9.02. The first kappa shape index (κ1) is 16.8. The van der Waals surface area contributed by atoms with Crippen LogP contribution in [0, 0.1) is 0 Å². The van der Waals surface area contributed by atoms with Gasteiger partial charge in [0.05, 0.1) is 5.56 Å². The van der Waals surface area contributed by atoms with E-state index < -0.39 is 5.91 Å². The number of aromatic nitrogens is 4. The average molecular weight is 368 g/mol. The van der Waals surface area contributed by atoms with Crippen molar-refractivity contribution in [3.05, 3.63) is 22.6 Å². The lowest BCUT2D eigenvalue weighted by atomic mass is 10.2. The van der Waals surface area contributed by atoms with E-state index in [9.17, 15) is 4.79 Å². The molecule has 128 valence electrons. The maximum atomic E-state index is 11.7. The first-order valence-corrected chi connectivity index (χ1v) is 8.89. The van der Waals surface area contributed by atoms with Crippen molar-refractivity contribution in [1.29, 1.82) is 0 Å². The van der Waals surface area contributed by atoms with Crippen molar-refractivity contribution in [1.82, 2.24) is 19.6 Å². The highest BCUT2D eigenvalue weighted by Gasteiger charge is 2.22. The number of carbonyl (C=O) groups is 1. The van der Waals surface area contributed by atoms with E-state index in [1.807, 2.05) is 11.8 Å². The summed E-state index contributed by atoms with van der Waals surface area (Å²) in [4.78, 5) is 20.4. The zero-order valence-corrected chi connectivity index (χ0v) is 14.8. The summed E-state index contributed by atoms with van der Waals surface area (Å²) in [5.41, 5.74) is 5.75. The number of anilines is 2. The van der Waals surface area contributed by atoms with Crippen molar-refractivity contribution < 1.29 is 4.79 Å². The fraction of sp³-hybridized carbons (Fsp3) is 0.500. The van der Waals surface area contributed by atoms with Gasteiger partial charge in [-0.05, 0) is 12.5 Å². The minimum atomic E-state index is -0.556. The molecular formula is C14H18ClN7OS. The van der Waals surface area contributed by atoms with Crippen LogP contribution in [0.1, 0.15) is 29.5 Å². The Labute approximate surface area is 148 Å². The van der Waals surface area contributed by atoms with Gasteiger partial charge in [0.2, 0.25) is 5.13 Å². The molecule has 2 aromatic rings. The molecule has 1 saturated heterocycles. The predicted octanol–water partition coefficient (Wildman–Crippen LogP) is 1.36. The molecular weight excluding hydrogens is 350 g/mol. The van der Waals surface area contributed by atoms with Crippen molar-refractivity contribution in [3.8, 4) is 0 Å². The minimum absolute atomic E-state index is 0.157. The summed E-state index contributed by atoms with van der Waals surface area (Å²) in [6, 6.07) is 1.47. The third kappa shape index (κ3) is 3.57. The van der Waals surface area contributed by atoms with Gasteiger partial charge in [-0.1, -0.05) is 18.5 Å². The van der Waals surface area contributed by atoms with Crippen molar-refractivity contribution in [2.75, 3.05) is 36.0 Å². The number of hydrogen-bond acceptors (Lipinski definition) is 8. The van der Waals surface area contributed by atoms with Gasteiger partial charge >= 0.3 is 0 Å². The molecule has 8 nitrogen and oxygen atoms in total. The molecule has 0 unspecified atom stereocenters. The Morgan fingerprint density at radius 3 is 2.75 bits per heavy atom. The number of aryl methyl sites for hydroxylation is 1. The van der Waals surface area contributed by atoms with Crippen LogP contribution in [0.25, 0.3) is 0 Å². The Bertz CT molecular complexity index is 738. The van der Waals surface area contributed by atoms with Gasteiger partial charge in [0, 0.05) is 44.1 Å². The molecule has 3 rings (SSSR count). The fourth-order valence-electron chi connectivity index (χ4n) is 2.61. The molecule has 24 heavy (non-hydrogen) atoms. The van der Waals surface area contributed by atoms with Crippen LogP contribution in [0.5, 0.6) is 0 Å². The molecule has 0 bridgehead atoms. The molecule has 3 heterocycles. The molecule has 1 fully saturated rings. The molecule has 2 aromatic heterocycles. The third-order valence-corrected chi connectivity index (χ3v) is 4.85. The van der Waals surface area contributed by atoms with Gasteiger partial charge in [-0.3, -0.25) is 4.79 Å². The molecule has 0 spiro atoms. The summed E-state index contributed by atoms with van der Waals surface area (Å²) in [6.07, 6.45) is 1.74. The summed E-state index contributed by atoms with van der Waals surface area (Å²) in [5.74, 6) is 0.801. The lowest BCUT2D eigenvalue weighted by Crippen LogP contribution is -2.33. The molecule has 0 radical (unpaired) electrons. The zero-order valence-electron chi connectivity index (χ0n) is 13.3. The van der Waals surface area contributed by atoms with E-state index in [2.05, 4.69) is 24.5 Å². The Morgan fingerprint density at radius 1 is 1.29 bits per heavy atom. The van der Waals surface area contributed by atoms with E-state index >= 15 is 0 Å². The second-order valence-electron chi connectivity index (χ2n) is 5.44. The Balaban J connectivity index is 1.77. The van der Waals surface area contributed by atoms with Gasteiger partial charge < -0.3 is 15.5 Å². The molecule has 0 aliphatic carbocycles. The molecule has 1 amide bonds. The van der Waals surface area contributed by atoms with E-state index in [1.54, 1.807) is 0 Å². The number of rotatable bonds is 4. The van der Waals surface area contributed by atoms with Crippen LogP contribution in [-0.4, -0.2) is 51.6 Å². The molecule has 10 heteroatoms. The molecule has 0 atom stereocenters. The summed E-state index contributed by atoms with van der Waals surface area (Å²) in [7, 11) is 0. The van der Waals surface area contributed by atoms with Crippen molar-refractivity contribution in [2.24, 2.45) is 5.73 Å². The highest BCUT2D eigenvalue weighted by molar-refractivity contribution is 7.09. The third-order valence-electron chi connectivity index (χ3n) is 3.85. The topological polar surface area (TPSA) is 101 Å². The Morgan fingerprint density at radius 2 is 2.04 bits per heavy atom. The second kappa shape index (κ2) is 7.27. The normalized spacial score (nSPS) is 15.4. The molecule has 1 aliphatic heterocycles. The maximum absolute atomic E-state index is 11.7. The molecule has 0 aromatic carbocycles. The highest BCUT2D eigenvalue weighted by atomic mass is 35.5. The van der Waals surface area contributed by atoms with E-state index in [0.29, 0.717) is 17.9 Å². The monoisotopic (exact) mass is 367 g/mol. The SMILES string of the molecule is CCc1nsc(N2CCCN(c3nnc(Cl)cc3C(N)=O)CC2)n1. The van der Waals surface area contributed by atoms with Crippen LogP contribution in [-0.2, 0) is 6.42 Å². The largest absolute Gasteiger partial charge is 0.365 e. The van der Waals surface area contributed by atoms with Gasteiger partial charge in [-0.2, -0.15) is 4.37 Å². The van der Waals surface area contributed by atoms with Gasteiger partial charge in [0.15, 0.2) is 11.0 Å². The number of hydrogen-bond donors (Lipinski definition) is 1. The van der Waals surface area contributed by atoms with E-state index in [-0.39, 0.29) is 5.15 Å². The molecule has 1 aliphatic rings. The first-order valence-electron chi connectivity index (χ1n) is 7.74. The van der Waals surface area contributed by atoms with Crippen molar-refractivity contribution >= 4 is 40.0 Å². The van der Waals surface area contributed by atoms with Crippen LogP contribution in [0.3, 0.4) is 0 Å². The van der Waals surface area contributed by atoms with Gasteiger partial charge in [0.25, 0.3) is 5.91 Å². The number of nitrogens with two attached hydrogens (primary N) is 1. The lowest BCUT2D eigenvalue weighted by Gasteiger charge is -2.23. The summed E-state index contributed by atoms with van der Waals surface area (Å²) >= 11 is 7.25. The zero-order chi connectivity index (χ0) is 17.1. The van der Waals surface area contributed by atoms with Crippen LogP contribution in [0.2, 0.25) is 5.15 Å². The molecule has 2 N–H and O–H groups in total. The maximum Gasteiger partial charge on any atom is 0.252 e. The highest BCUT2D eigenvalue weighted by Crippen LogP contribution is 2.23. The van der Waals surface area contributed by atoms with Crippen LogP contribution in [0.15, 0.2) is 6.07 Å². The Kier molecular flexibility index (Phi) is 5.10. The fourth-order valence-corrected chi connectivity index (χ4v) is 3.56. The van der Waals surface area contributed by atoms with Crippen LogP contribution >= 0.6 is 23.1 Å². The summed E-state index contributed by atoms with van der Waals surface area (Å²) in [6.45, 7) is 5.13. The van der Waals surface area contributed by atoms with Crippen molar-refractivity contribution in [3.63, 3.8) is 0 Å². The minimum Gasteiger partial charge on any atom is -0.365 e. The van der Waals surface area contributed by atoms with Crippen LogP contribution < -0.4 is 15.5 Å². The van der Waals surface area contributed by atoms with Gasteiger partial charge in [-0.25, -0.2) is 4.98 Å². The predicted molar refractivity (Wildman–Crippen MR) is 93.9 cm³/mol. The van der Waals surface area contributed by atoms with Gasteiger partial charge in [0.1, 0.15) is 5.82 Å². The average Bonchev–Trinajstić information content (AvgIpc) is 2.92. The second-order valence-corrected chi connectivity index (χ2v) is 6.56. The number of nitrogens with zero attached hydrogens (tertiary/aromatic N) is 6.